The Morgan fingerprint density at radius 1 is 0.972 bits per heavy atom. The van der Waals surface area contributed by atoms with Crippen LogP contribution in [0.3, 0.4) is 0 Å². The summed E-state index contributed by atoms with van der Waals surface area (Å²) < 4.78 is 33.2. The molecule has 1 heterocycles. The van der Waals surface area contributed by atoms with Gasteiger partial charge in [0.25, 0.3) is 11.8 Å². The second-order valence-electron chi connectivity index (χ2n) is 7.65. The smallest absolute Gasteiger partial charge is 0.279 e. The van der Waals surface area contributed by atoms with E-state index in [0.29, 0.717) is 23.6 Å². The van der Waals surface area contributed by atoms with Gasteiger partial charge in [0.15, 0.2) is 0 Å². The van der Waals surface area contributed by atoms with Crippen LogP contribution in [0.5, 0.6) is 5.75 Å². The number of nitrogens with zero attached hydrogens (tertiary/aromatic N) is 3. The van der Waals surface area contributed by atoms with E-state index in [1.807, 2.05) is 6.92 Å². The number of carbonyl (C=O) groups excluding carboxylic acids is 2. The molecular weight excluding hydrogens is 466 g/mol. The quantitative estimate of drug-likeness (QED) is 0.370. The highest BCUT2D eigenvalue weighted by atomic mass is 19.1. The van der Waals surface area contributed by atoms with Crippen molar-refractivity contribution in [2.45, 2.75) is 13.0 Å². The highest BCUT2D eigenvalue weighted by Gasteiger charge is 2.34. The molecule has 0 bridgehead atoms. The molecule has 9 heteroatoms. The van der Waals surface area contributed by atoms with Gasteiger partial charge in [-0.05, 0) is 67.1 Å². The van der Waals surface area contributed by atoms with Crippen LogP contribution in [0, 0.1) is 11.6 Å². The zero-order chi connectivity index (χ0) is 25.5. The molecule has 1 unspecified atom stereocenters. The average Bonchev–Trinajstić information content (AvgIpc) is 2.89. The topological polar surface area (TPSA) is 84.4 Å². The molecule has 36 heavy (non-hydrogen) atoms. The molecule has 182 valence electrons. The summed E-state index contributed by atoms with van der Waals surface area (Å²) in [6, 6.07) is 16.0. The van der Waals surface area contributed by atoms with E-state index in [9.17, 15) is 18.4 Å². The van der Waals surface area contributed by atoms with Crippen LogP contribution in [-0.2, 0) is 4.79 Å². The summed E-state index contributed by atoms with van der Waals surface area (Å²) in [4.78, 5) is 36.5. The maximum Gasteiger partial charge on any atom is 0.279 e. The highest BCUT2D eigenvalue weighted by molar-refractivity contribution is 6.11. The Labute approximate surface area is 206 Å². The van der Waals surface area contributed by atoms with E-state index in [4.69, 9.17) is 4.74 Å². The first-order valence-electron chi connectivity index (χ1n) is 11.1. The van der Waals surface area contributed by atoms with Crippen LogP contribution in [0.2, 0.25) is 0 Å². The molecule has 0 saturated heterocycles. The number of nitrogens with one attached hydrogen (secondary N) is 1. The first kappa shape index (κ1) is 24.5. The van der Waals surface area contributed by atoms with E-state index in [1.165, 1.54) is 61.1 Å². The first-order chi connectivity index (χ1) is 17.5. The molecule has 1 atom stereocenters. The molecule has 4 rings (SSSR count). The molecule has 0 spiro atoms. The van der Waals surface area contributed by atoms with Crippen LogP contribution in [0.15, 0.2) is 91.4 Å². The summed E-state index contributed by atoms with van der Waals surface area (Å²) in [5, 5.41) is 2.72. The van der Waals surface area contributed by atoms with Gasteiger partial charge in [-0.15, -0.1) is 0 Å². The fourth-order valence-electron chi connectivity index (χ4n) is 3.62. The number of halogens is 2. The monoisotopic (exact) mass is 488 g/mol. The third kappa shape index (κ3) is 5.69. The molecule has 0 radical (unpaired) electrons. The molecule has 0 fully saturated rings. The van der Waals surface area contributed by atoms with Crippen LogP contribution < -0.4 is 15.0 Å². The summed E-state index contributed by atoms with van der Waals surface area (Å²) in [6.45, 7) is 2.30. The van der Waals surface area contributed by atoms with Gasteiger partial charge in [-0.25, -0.2) is 13.8 Å². The normalized spacial score (nSPS) is 11.4. The molecule has 4 aromatic rings. The van der Waals surface area contributed by atoms with Crippen molar-refractivity contribution < 1.29 is 23.1 Å². The third-order valence-electron chi connectivity index (χ3n) is 5.21. The largest absolute Gasteiger partial charge is 0.494 e. The minimum absolute atomic E-state index is 0.0349. The Bertz CT molecular complexity index is 1330. The minimum atomic E-state index is -1.25. The molecule has 7 nitrogen and oxygen atoms in total. The number of hydrogen-bond acceptors (Lipinski definition) is 5. The SMILES string of the molecule is CCOc1ccc(C(C(=O)Nc2ccc(F)cc2)N(C(=O)c2cnccn2)c2cccc(F)c2)cc1. The van der Waals surface area contributed by atoms with Crippen molar-refractivity contribution in [2.75, 3.05) is 16.8 Å². The zero-order valence-corrected chi connectivity index (χ0v) is 19.3. The lowest BCUT2D eigenvalue weighted by Gasteiger charge is -2.31. The van der Waals surface area contributed by atoms with Crippen molar-refractivity contribution in [2.24, 2.45) is 0 Å². The van der Waals surface area contributed by atoms with Gasteiger partial charge >= 0.3 is 0 Å². The Kier molecular flexibility index (Phi) is 7.60. The lowest BCUT2D eigenvalue weighted by Crippen LogP contribution is -2.42. The predicted molar refractivity (Wildman–Crippen MR) is 131 cm³/mol. The van der Waals surface area contributed by atoms with Gasteiger partial charge in [-0.3, -0.25) is 19.5 Å². The molecule has 3 aromatic carbocycles. The number of carbonyl (C=O) groups is 2. The molecule has 0 aliphatic carbocycles. The van der Waals surface area contributed by atoms with Crippen LogP contribution in [-0.4, -0.2) is 28.4 Å². The number of amides is 2. The van der Waals surface area contributed by atoms with Crippen LogP contribution in [0.1, 0.15) is 29.0 Å². The second-order valence-corrected chi connectivity index (χ2v) is 7.65. The van der Waals surface area contributed by atoms with E-state index in [-0.39, 0.29) is 11.4 Å². The molecule has 0 saturated carbocycles. The van der Waals surface area contributed by atoms with Crippen molar-refractivity contribution in [3.63, 3.8) is 0 Å². The Balaban J connectivity index is 1.83. The van der Waals surface area contributed by atoms with E-state index in [2.05, 4.69) is 15.3 Å². The molecule has 0 aliphatic heterocycles. The van der Waals surface area contributed by atoms with Crippen LogP contribution in [0.25, 0.3) is 0 Å². The van der Waals surface area contributed by atoms with E-state index in [0.717, 1.165) is 11.0 Å². The number of rotatable bonds is 8. The van der Waals surface area contributed by atoms with Gasteiger partial charge in [0.05, 0.1) is 12.8 Å². The first-order valence-corrected chi connectivity index (χ1v) is 11.1. The van der Waals surface area contributed by atoms with Gasteiger partial charge in [0.1, 0.15) is 29.1 Å². The van der Waals surface area contributed by atoms with Gasteiger partial charge in [0.2, 0.25) is 0 Å². The van der Waals surface area contributed by atoms with E-state index in [1.54, 1.807) is 24.3 Å². The molecule has 0 aliphatic rings. The van der Waals surface area contributed by atoms with Crippen molar-refractivity contribution in [1.29, 1.82) is 0 Å². The number of hydrogen-bond donors (Lipinski definition) is 1. The third-order valence-corrected chi connectivity index (χ3v) is 5.21. The highest BCUT2D eigenvalue weighted by Crippen LogP contribution is 2.32. The predicted octanol–water partition coefficient (Wildman–Crippen LogP) is 5.18. The molecular formula is C27H22F2N4O3. The van der Waals surface area contributed by atoms with E-state index < -0.39 is 29.5 Å². The Morgan fingerprint density at radius 3 is 2.36 bits per heavy atom. The van der Waals surface area contributed by atoms with Gasteiger partial charge in [0, 0.05) is 23.8 Å². The minimum Gasteiger partial charge on any atom is -0.494 e. The fraction of sp³-hybridized carbons (Fsp3) is 0.111. The summed E-state index contributed by atoms with van der Waals surface area (Å²) >= 11 is 0. The fourth-order valence-corrected chi connectivity index (χ4v) is 3.62. The van der Waals surface area contributed by atoms with Crippen molar-refractivity contribution >= 4 is 23.2 Å². The van der Waals surface area contributed by atoms with Crippen LogP contribution >= 0.6 is 0 Å². The number of aromatic nitrogens is 2. The van der Waals surface area contributed by atoms with Crippen LogP contribution in [0.4, 0.5) is 20.2 Å². The molecule has 2 amide bonds. The Hall–Kier alpha value is -4.66. The van der Waals surface area contributed by atoms with Gasteiger partial charge in [-0.2, -0.15) is 0 Å². The maximum atomic E-state index is 14.3. The van der Waals surface area contributed by atoms with Crippen molar-refractivity contribution in [3.8, 4) is 5.75 Å². The number of ether oxygens (including phenoxy) is 1. The van der Waals surface area contributed by atoms with Crippen molar-refractivity contribution in [3.05, 3.63) is 114 Å². The van der Waals surface area contributed by atoms with E-state index >= 15 is 0 Å². The molecule has 1 aromatic heterocycles. The van der Waals surface area contributed by atoms with Gasteiger partial charge < -0.3 is 10.1 Å². The summed E-state index contributed by atoms with van der Waals surface area (Å²) in [7, 11) is 0. The lowest BCUT2D eigenvalue weighted by molar-refractivity contribution is -0.117. The Morgan fingerprint density at radius 2 is 1.72 bits per heavy atom. The second kappa shape index (κ2) is 11.2. The summed E-state index contributed by atoms with van der Waals surface area (Å²) in [6.07, 6.45) is 4.03. The summed E-state index contributed by atoms with van der Waals surface area (Å²) in [5.74, 6) is -1.74. The summed E-state index contributed by atoms with van der Waals surface area (Å²) in [5.41, 5.74) is 0.856. The zero-order valence-electron chi connectivity index (χ0n) is 19.3. The molecule has 1 N–H and O–H groups in total. The maximum absolute atomic E-state index is 14.3. The van der Waals surface area contributed by atoms with Gasteiger partial charge in [-0.1, -0.05) is 18.2 Å². The van der Waals surface area contributed by atoms with Crippen molar-refractivity contribution in [1.82, 2.24) is 9.97 Å². The number of anilines is 2. The lowest BCUT2D eigenvalue weighted by atomic mass is 10.0. The standard InChI is InChI=1S/C27H22F2N4O3/c1-2-36-23-12-6-18(7-13-23)25(26(34)32-21-10-8-19(28)9-11-21)33(22-5-3-4-20(29)16-22)27(35)24-17-30-14-15-31-24/h3-17,25H,2H2,1H3,(H,32,34). The number of benzene rings is 3. The average molecular weight is 488 g/mol.